The number of nitrogens with zero attached hydrogens (tertiary/aromatic N) is 1. The first kappa shape index (κ1) is 17.9. The topological polar surface area (TPSA) is 67.9 Å². The number of nitrogens with one attached hydrogen (secondary N) is 1. The Morgan fingerprint density at radius 1 is 1.33 bits per heavy atom. The third-order valence-corrected chi connectivity index (χ3v) is 3.85. The summed E-state index contributed by atoms with van der Waals surface area (Å²) in [5.74, 6) is -0.489. The standard InChI is InChI=1S/C15H28N2O4/c1-6-10(2)14(15(19)20-5)16-13(18)9-17-7-11(3)21-12(4)8-17/h10-12,14H,6-9H2,1-5H3,(H,16,18)/t10-,11-,12+,14-/m0/s1. The molecule has 0 aromatic rings. The summed E-state index contributed by atoms with van der Waals surface area (Å²) in [4.78, 5) is 26.0. The molecule has 0 unspecified atom stereocenters. The van der Waals surface area contributed by atoms with Crippen molar-refractivity contribution in [3.63, 3.8) is 0 Å². The van der Waals surface area contributed by atoms with Crippen LogP contribution in [0.15, 0.2) is 0 Å². The highest BCUT2D eigenvalue weighted by Crippen LogP contribution is 2.11. The molecule has 1 saturated heterocycles. The fourth-order valence-electron chi connectivity index (χ4n) is 2.63. The van der Waals surface area contributed by atoms with Gasteiger partial charge in [-0.15, -0.1) is 0 Å². The number of carbonyl (C=O) groups excluding carboxylic acids is 2. The van der Waals surface area contributed by atoms with E-state index in [1.165, 1.54) is 7.11 Å². The van der Waals surface area contributed by atoms with Gasteiger partial charge in [-0.2, -0.15) is 0 Å². The van der Waals surface area contributed by atoms with Gasteiger partial charge in [0.05, 0.1) is 25.9 Å². The maximum atomic E-state index is 12.2. The smallest absolute Gasteiger partial charge is 0.328 e. The molecule has 6 heteroatoms. The summed E-state index contributed by atoms with van der Waals surface area (Å²) >= 11 is 0. The second-order valence-electron chi connectivity index (χ2n) is 5.91. The second-order valence-corrected chi connectivity index (χ2v) is 5.91. The summed E-state index contributed by atoms with van der Waals surface area (Å²) in [5, 5.41) is 2.80. The molecule has 0 radical (unpaired) electrons. The molecule has 0 aliphatic carbocycles. The molecule has 21 heavy (non-hydrogen) atoms. The van der Waals surface area contributed by atoms with Gasteiger partial charge in [-0.05, 0) is 19.8 Å². The highest BCUT2D eigenvalue weighted by atomic mass is 16.5. The van der Waals surface area contributed by atoms with Gasteiger partial charge in [0.2, 0.25) is 5.91 Å². The number of hydrogen-bond acceptors (Lipinski definition) is 5. The summed E-state index contributed by atoms with van der Waals surface area (Å²) in [6.07, 6.45) is 1.03. The van der Waals surface area contributed by atoms with Gasteiger partial charge in [-0.3, -0.25) is 9.69 Å². The van der Waals surface area contributed by atoms with Crippen molar-refractivity contribution in [3.05, 3.63) is 0 Å². The van der Waals surface area contributed by atoms with E-state index < -0.39 is 6.04 Å². The molecule has 1 N–H and O–H groups in total. The van der Waals surface area contributed by atoms with Crippen molar-refractivity contribution >= 4 is 11.9 Å². The van der Waals surface area contributed by atoms with E-state index in [-0.39, 0.29) is 36.5 Å². The van der Waals surface area contributed by atoms with Crippen LogP contribution in [0.5, 0.6) is 0 Å². The van der Waals surface area contributed by atoms with Crippen molar-refractivity contribution in [1.82, 2.24) is 10.2 Å². The maximum Gasteiger partial charge on any atom is 0.328 e. The molecular weight excluding hydrogens is 272 g/mol. The summed E-state index contributed by atoms with van der Waals surface area (Å²) in [5.41, 5.74) is 0. The van der Waals surface area contributed by atoms with Gasteiger partial charge in [0.1, 0.15) is 6.04 Å². The highest BCUT2D eigenvalue weighted by Gasteiger charge is 2.29. The fourth-order valence-corrected chi connectivity index (χ4v) is 2.63. The molecule has 1 fully saturated rings. The Balaban J connectivity index is 2.55. The molecule has 4 atom stereocenters. The Hall–Kier alpha value is -1.14. The number of esters is 1. The van der Waals surface area contributed by atoms with Crippen LogP contribution in [-0.4, -0.2) is 61.8 Å². The number of carbonyl (C=O) groups is 2. The molecule has 0 bridgehead atoms. The van der Waals surface area contributed by atoms with Crippen molar-refractivity contribution < 1.29 is 19.1 Å². The molecule has 1 rings (SSSR count). The van der Waals surface area contributed by atoms with Crippen LogP contribution < -0.4 is 5.32 Å². The average molecular weight is 300 g/mol. The molecule has 122 valence electrons. The molecular formula is C15H28N2O4. The van der Waals surface area contributed by atoms with E-state index >= 15 is 0 Å². The van der Waals surface area contributed by atoms with Crippen molar-refractivity contribution in [1.29, 1.82) is 0 Å². The van der Waals surface area contributed by atoms with Crippen LogP contribution in [0, 0.1) is 5.92 Å². The summed E-state index contributed by atoms with van der Waals surface area (Å²) < 4.78 is 10.4. The van der Waals surface area contributed by atoms with Crippen LogP contribution in [0.2, 0.25) is 0 Å². The largest absolute Gasteiger partial charge is 0.467 e. The average Bonchev–Trinajstić information content (AvgIpc) is 2.41. The van der Waals surface area contributed by atoms with Crippen molar-refractivity contribution in [2.24, 2.45) is 5.92 Å². The van der Waals surface area contributed by atoms with Crippen LogP contribution >= 0.6 is 0 Å². The second kappa shape index (κ2) is 8.34. The maximum absolute atomic E-state index is 12.2. The molecule has 1 aliphatic heterocycles. The normalized spacial score (nSPS) is 26.0. The van der Waals surface area contributed by atoms with E-state index in [9.17, 15) is 9.59 Å². The van der Waals surface area contributed by atoms with Gasteiger partial charge in [-0.1, -0.05) is 20.3 Å². The Morgan fingerprint density at radius 3 is 2.38 bits per heavy atom. The van der Waals surface area contributed by atoms with Crippen molar-refractivity contribution in [3.8, 4) is 0 Å². The first-order valence-corrected chi connectivity index (χ1v) is 7.62. The van der Waals surface area contributed by atoms with Gasteiger partial charge in [0.15, 0.2) is 0 Å². The minimum absolute atomic E-state index is 0.0453. The number of rotatable bonds is 6. The van der Waals surface area contributed by atoms with E-state index in [0.717, 1.165) is 19.5 Å². The minimum atomic E-state index is -0.580. The van der Waals surface area contributed by atoms with E-state index in [1.54, 1.807) is 0 Å². The lowest BCUT2D eigenvalue weighted by Gasteiger charge is -2.35. The first-order valence-electron chi connectivity index (χ1n) is 7.62. The molecule has 1 aliphatic rings. The van der Waals surface area contributed by atoms with Crippen molar-refractivity contribution in [2.45, 2.75) is 52.4 Å². The molecule has 0 aromatic carbocycles. The molecule has 6 nitrogen and oxygen atoms in total. The lowest BCUT2D eigenvalue weighted by Crippen LogP contribution is -2.52. The Morgan fingerprint density at radius 2 is 1.90 bits per heavy atom. The molecule has 1 amide bonds. The zero-order chi connectivity index (χ0) is 16.0. The molecule has 0 aromatic heterocycles. The van der Waals surface area contributed by atoms with Crippen LogP contribution in [-0.2, 0) is 19.1 Å². The number of ether oxygens (including phenoxy) is 2. The van der Waals surface area contributed by atoms with Gasteiger partial charge in [-0.25, -0.2) is 4.79 Å². The lowest BCUT2D eigenvalue weighted by atomic mass is 9.99. The molecule has 0 spiro atoms. The third kappa shape index (κ3) is 5.63. The number of methoxy groups -OCH3 is 1. The number of hydrogen-bond donors (Lipinski definition) is 1. The molecule has 1 heterocycles. The number of amides is 1. The first-order chi connectivity index (χ1) is 9.87. The van der Waals surface area contributed by atoms with Gasteiger partial charge in [0.25, 0.3) is 0 Å². The Labute approximate surface area is 127 Å². The summed E-state index contributed by atoms with van der Waals surface area (Å²) in [6.45, 7) is 9.64. The summed E-state index contributed by atoms with van der Waals surface area (Å²) in [7, 11) is 1.34. The van der Waals surface area contributed by atoms with Crippen molar-refractivity contribution in [2.75, 3.05) is 26.7 Å². The lowest BCUT2D eigenvalue weighted by molar-refractivity contribution is -0.147. The zero-order valence-electron chi connectivity index (χ0n) is 13.7. The highest BCUT2D eigenvalue weighted by molar-refractivity contribution is 5.85. The zero-order valence-corrected chi connectivity index (χ0v) is 13.7. The van der Waals surface area contributed by atoms with Crippen LogP contribution in [0.4, 0.5) is 0 Å². The van der Waals surface area contributed by atoms with E-state index in [4.69, 9.17) is 9.47 Å². The van der Waals surface area contributed by atoms with E-state index in [0.29, 0.717) is 0 Å². The quantitative estimate of drug-likeness (QED) is 0.735. The van der Waals surface area contributed by atoms with Crippen LogP contribution in [0.25, 0.3) is 0 Å². The van der Waals surface area contributed by atoms with Gasteiger partial charge in [0, 0.05) is 13.1 Å². The van der Waals surface area contributed by atoms with Crippen LogP contribution in [0.3, 0.4) is 0 Å². The Bertz CT molecular complexity index is 352. The fraction of sp³-hybridized carbons (Fsp3) is 0.867. The minimum Gasteiger partial charge on any atom is -0.467 e. The predicted octanol–water partition coefficient (Wildman–Crippen LogP) is 0.800. The number of morpholine rings is 1. The Kier molecular flexibility index (Phi) is 7.11. The molecule has 0 saturated carbocycles. The van der Waals surface area contributed by atoms with Gasteiger partial charge >= 0.3 is 5.97 Å². The van der Waals surface area contributed by atoms with Gasteiger partial charge < -0.3 is 14.8 Å². The summed E-state index contributed by atoms with van der Waals surface area (Å²) in [6, 6.07) is -0.580. The van der Waals surface area contributed by atoms with E-state index in [2.05, 4.69) is 10.2 Å². The predicted molar refractivity (Wildman–Crippen MR) is 79.9 cm³/mol. The SMILES string of the molecule is CC[C@H](C)[C@H](NC(=O)CN1C[C@@H](C)O[C@@H](C)C1)C(=O)OC. The van der Waals surface area contributed by atoms with E-state index in [1.807, 2.05) is 27.7 Å². The third-order valence-electron chi connectivity index (χ3n) is 3.85. The van der Waals surface area contributed by atoms with Crippen LogP contribution in [0.1, 0.15) is 34.1 Å². The monoisotopic (exact) mass is 300 g/mol.